The molecule has 0 fully saturated rings. The number of carbonyl (C=O) groups excluding carboxylic acids is 1. The highest BCUT2D eigenvalue weighted by Crippen LogP contribution is 2.43. The van der Waals surface area contributed by atoms with Gasteiger partial charge in [-0.05, 0) is 38.5 Å². The molecule has 9 heteroatoms. The lowest BCUT2D eigenvalue weighted by atomic mass is 10.0. The molecule has 0 aliphatic carbocycles. The molecule has 0 aromatic carbocycles. The first kappa shape index (κ1) is 56.2. The van der Waals surface area contributed by atoms with Crippen molar-refractivity contribution in [2.24, 2.45) is 5.73 Å². The molecule has 8 nitrogen and oxygen atoms in total. The molecule has 0 aliphatic rings. The van der Waals surface area contributed by atoms with Crippen LogP contribution in [0.15, 0.2) is 12.2 Å². The first-order chi connectivity index (χ1) is 27.9. The standard InChI is InChI=1S/C48H96NO7P/c1-3-5-7-9-11-13-15-17-19-21-23-25-27-29-31-33-35-37-39-41-48(50)56-47(46-55-57(51,52)54-44-42-49)45-53-43-40-38-36-34-32-30-28-26-24-22-20-18-16-14-12-10-8-6-4-2/h20,22,47H,3-19,21,23-46,49H2,1-2H3,(H,51,52)/b22-20-. The lowest BCUT2D eigenvalue weighted by Crippen LogP contribution is -2.28. The van der Waals surface area contributed by atoms with Gasteiger partial charge in [0, 0.05) is 19.6 Å². The molecule has 3 N–H and O–H groups in total. The Bertz CT molecular complexity index is 889. The van der Waals surface area contributed by atoms with Crippen molar-refractivity contribution in [2.45, 2.75) is 258 Å². The monoisotopic (exact) mass is 830 g/mol. The van der Waals surface area contributed by atoms with Crippen molar-refractivity contribution < 1.29 is 32.8 Å². The summed E-state index contributed by atoms with van der Waals surface area (Å²) in [6.07, 6.45) is 50.9. The van der Waals surface area contributed by atoms with Crippen molar-refractivity contribution >= 4 is 13.8 Å². The van der Waals surface area contributed by atoms with Crippen LogP contribution in [0.3, 0.4) is 0 Å². The fourth-order valence-corrected chi connectivity index (χ4v) is 8.05. The second kappa shape index (κ2) is 46.3. The van der Waals surface area contributed by atoms with E-state index in [4.69, 9.17) is 24.3 Å². The molecule has 57 heavy (non-hydrogen) atoms. The predicted molar refractivity (Wildman–Crippen MR) is 243 cm³/mol. The van der Waals surface area contributed by atoms with E-state index in [1.54, 1.807) is 0 Å². The number of hydrogen-bond donors (Lipinski definition) is 2. The maximum Gasteiger partial charge on any atom is 0.472 e. The van der Waals surface area contributed by atoms with Gasteiger partial charge in [-0.1, -0.05) is 219 Å². The van der Waals surface area contributed by atoms with Gasteiger partial charge in [0.15, 0.2) is 0 Å². The minimum absolute atomic E-state index is 0.0924. The summed E-state index contributed by atoms with van der Waals surface area (Å²) in [5.41, 5.74) is 5.38. The van der Waals surface area contributed by atoms with Crippen molar-refractivity contribution in [1.82, 2.24) is 0 Å². The molecule has 0 amide bonds. The van der Waals surface area contributed by atoms with Gasteiger partial charge in [-0.15, -0.1) is 0 Å². The zero-order valence-corrected chi connectivity index (χ0v) is 38.7. The summed E-state index contributed by atoms with van der Waals surface area (Å²) in [5.74, 6) is -0.325. The van der Waals surface area contributed by atoms with Crippen LogP contribution in [0.25, 0.3) is 0 Å². The molecule has 0 aromatic rings. The highest BCUT2D eigenvalue weighted by Gasteiger charge is 2.25. The second-order valence-corrected chi connectivity index (χ2v) is 18.1. The molecule has 0 aliphatic heterocycles. The van der Waals surface area contributed by atoms with Crippen LogP contribution in [0.4, 0.5) is 0 Å². The maximum atomic E-state index is 12.6. The van der Waals surface area contributed by atoms with Gasteiger partial charge in [-0.25, -0.2) is 4.57 Å². The third-order valence-electron chi connectivity index (χ3n) is 10.9. The second-order valence-electron chi connectivity index (χ2n) is 16.7. The van der Waals surface area contributed by atoms with E-state index in [-0.39, 0.29) is 32.3 Å². The van der Waals surface area contributed by atoms with E-state index >= 15 is 0 Å². The first-order valence-corrected chi connectivity index (χ1v) is 26.2. The Balaban J connectivity index is 3.93. The fraction of sp³-hybridized carbons (Fsp3) is 0.938. The number of esters is 1. The van der Waals surface area contributed by atoms with E-state index in [2.05, 4.69) is 26.0 Å². The summed E-state index contributed by atoms with van der Waals surface area (Å²) >= 11 is 0. The van der Waals surface area contributed by atoms with Crippen LogP contribution in [0, 0.1) is 0 Å². The zero-order valence-electron chi connectivity index (χ0n) is 37.9. The summed E-state index contributed by atoms with van der Waals surface area (Å²) < 4.78 is 33.6. The molecule has 0 spiro atoms. The van der Waals surface area contributed by atoms with Gasteiger partial charge in [0.05, 0.1) is 19.8 Å². The average molecular weight is 830 g/mol. The number of ether oxygens (including phenoxy) is 2. The van der Waals surface area contributed by atoms with Gasteiger partial charge in [0.2, 0.25) is 0 Å². The smallest absolute Gasteiger partial charge is 0.457 e. The number of unbranched alkanes of at least 4 members (excludes halogenated alkanes) is 33. The van der Waals surface area contributed by atoms with E-state index in [9.17, 15) is 14.3 Å². The third-order valence-corrected chi connectivity index (χ3v) is 11.9. The van der Waals surface area contributed by atoms with Crippen LogP contribution in [0.2, 0.25) is 0 Å². The summed E-state index contributed by atoms with van der Waals surface area (Å²) in [4.78, 5) is 22.6. The number of rotatable bonds is 48. The Hall–Kier alpha value is -0.760. The van der Waals surface area contributed by atoms with E-state index in [1.807, 2.05) is 0 Å². The number of hydrogen-bond acceptors (Lipinski definition) is 7. The number of allylic oxidation sites excluding steroid dienone is 2. The SMILES string of the molecule is CCCCCCCCC/C=C\CCCCCCCCCCOCC(COP(=O)(O)OCCN)OC(=O)CCCCCCCCCCCCCCCCCCCCC. The van der Waals surface area contributed by atoms with Crippen LogP contribution in [-0.2, 0) is 27.9 Å². The lowest BCUT2D eigenvalue weighted by Gasteiger charge is -2.20. The lowest BCUT2D eigenvalue weighted by molar-refractivity contribution is -0.154. The zero-order chi connectivity index (χ0) is 41.6. The topological polar surface area (TPSA) is 117 Å². The highest BCUT2D eigenvalue weighted by molar-refractivity contribution is 7.47. The fourth-order valence-electron chi connectivity index (χ4n) is 7.29. The Morgan fingerprint density at radius 1 is 0.509 bits per heavy atom. The number of carbonyl (C=O) groups is 1. The predicted octanol–water partition coefficient (Wildman–Crippen LogP) is 15.0. The minimum atomic E-state index is -4.28. The third kappa shape index (κ3) is 46.2. The molecular formula is C48H96NO7P. The number of phosphoric acid groups is 1. The van der Waals surface area contributed by atoms with Crippen molar-refractivity contribution in [3.05, 3.63) is 12.2 Å². The molecule has 0 rings (SSSR count). The first-order valence-electron chi connectivity index (χ1n) is 24.7. The normalized spacial score (nSPS) is 13.4. The molecular weight excluding hydrogens is 734 g/mol. The van der Waals surface area contributed by atoms with Crippen LogP contribution >= 0.6 is 7.82 Å². The van der Waals surface area contributed by atoms with E-state index in [0.717, 1.165) is 32.1 Å². The molecule has 2 atom stereocenters. The van der Waals surface area contributed by atoms with Gasteiger partial charge < -0.3 is 20.1 Å². The molecule has 2 unspecified atom stereocenters. The molecule has 340 valence electrons. The Kier molecular flexibility index (Phi) is 45.7. The van der Waals surface area contributed by atoms with Gasteiger partial charge in [-0.2, -0.15) is 0 Å². The maximum absolute atomic E-state index is 12.6. The summed E-state index contributed by atoms with van der Waals surface area (Å²) in [5, 5.41) is 0. The number of nitrogens with two attached hydrogens (primary N) is 1. The Morgan fingerprint density at radius 2 is 0.877 bits per heavy atom. The van der Waals surface area contributed by atoms with E-state index in [1.165, 1.54) is 199 Å². The largest absolute Gasteiger partial charge is 0.472 e. The molecule has 0 heterocycles. The molecule has 0 bridgehead atoms. The van der Waals surface area contributed by atoms with Gasteiger partial charge >= 0.3 is 13.8 Å². The van der Waals surface area contributed by atoms with Gasteiger partial charge in [0.25, 0.3) is 0 Å². The van der Waals surface area contributed by atoms with E-state index in [0.29, 0.717) is 13.0 Å². The number of phosphoric ester groups is 1. The molecule has 0 saturated heterocycles. The van der Waals surface area contributed by atoms with Crippen LogP contribution < -0.4 is 5.73 Å². The van der Waals surface area contributed by atoms with Crippen molar-refractivity contribution in [3.8, 4) is 0 Å². The molecule has 0 aromatic heterocycles. The summed E-state index contributed by atoms with van der Waals surface area (Å²) in [6, 6.07) is 0. The van der Waals surface area contributed by atoms with Crippen molar-refractivity contribution in [1.29, 1.82) is 0 Å². The average Bonchev–Trinajstić information content (AvgIpc) is 3.20. The molecule has 0 saturated carbocycles. The molecule has 0 radical (unpaired) electrons. The van der Waals surface area contributed by atoms with Crippen LogP contribution in [0.1, 0.15) is 251 Å². The quantitative estimate of drug-likeness (QED) is 0.0269. The minimum Gasteiger partial charge on any atom is -0.457 e. The van der Waals surface area contributed by atoms with Gasteiger partial charge in [-0.3, -0.25) is 13.8 Å². The van der Waals surface area contributed by atoms with Crippen molar-refractivity contribution in [2.75, 3.05) is 33.0 Å². The highest BCUT2D eigenvalue weighted by atomic mass is 31.2. The summed E-state index contributed by atoms with van der Waals surface area (Å²) in [6.45, 7) is 4.98. The van der Waals surface area contributed by atoms with E-state index < -0.39 is 13.9 Å². The van der Waals surface area contributed by atoms with Gasteiger partial charge in [0.1, 0.15) is 6.10 Å². The van der Waals surface area contributed by atoms with Crippen LogP contribution in [0.5, 0.6) is 0 Å². The van der Waals surface area contributed by atoms with Crippen molar-refractivity contribution in [3.63, 3.8) is 0 Å². The Labute approximate surface area is 354 Å². The summed E-state index contributed by atoms with van der Waals surface area (Å²) in [7, 11) is -4.28. The van der Waals surface area contributed by atoms with Crippen LogP contribution in [-0.4, -0.2) is 49.9 Å². The Morgan fingerprint density at radius 3 is 1.28 bits per heavy atom.